The van der Waals surface area contributed by atoms with Gasteiger partial charge in [-0.2, -0.15) is 0 Å². The molecule has 2 N–H and O–H groups in total. The summed E-state index contributed by atoms with van der Waals surface area (Å²) in [6.07, 6.45) is 4.59. The van der Waals surface area contributed by atoms with Crippen LogP contribution in [0.1, 0.15) is 30.5 Å². The number of nitrogens with two attached hydrogens (primary N) is 1. The van der Waals surface area contributed by atoms with Crippen LogP contribution in [0.2, 0.25) is 0 Å². The number of benzene rings is 1. The van der Waals surface area contributed by atoms with Crippen molar-refractivity contribution in [1.82, 2.24) is 14.9 Å². The van der Waals surface area contributed by atoms with Gasteiger partial charge in [0, 0.05) is 48.6 Å². The van der Waals surface area contributed by atoms with E-state index in [1.165, 1.54) is 0 Å². The zero-order valence-corrected chi connectivity index (χ0v) is 17.8. The number of thiazole rings is 1. The topological polar surface area (TPSA) is 98.4 Å². The zero-order valence-electron chi connectivity index (χ0n) is 17.0. The van der Waals surface area contributed by atoms with E-state index in [2.05, 4.69) is 4.98 Å². The van der Waals surface area contributed by atoms with Gasteiger partial charge in [-0.15, -0.1) is 11.3 Å². The Morgan fingerprint density at radius 3 is 2.94 bits per heavy atom. The fraction of sp³-hybridized carbons (Fsp3) is 0.304. The van der Waals surface area contributed by atoms with Crippen LogP contribution in [0.15, 0.2) is 54.2 Å². The highest BCUT2D eigenvalue weighted by Gasteiger charge is 2.55. The number of rotatable bonds is 5. The molecule has 5 rings (SSSR count). The number of hydrogen-bond acceptors (Lipinski definition) is 6. The number of carbonyl (C=O) groups excluding carboxylic acids is 2. The molecule has 8 heteroatoms. The molecule has 4 heterocycles. The van der Waals surface area contributed by atoms with Crippen LogP contribution in [0.5, 0.6) is 5.75 Å². The lowest BCUT2D eigenvalue weighted by Crippen LogP contribution is -2.64. The van der Waals surface area contributed by atoms with Crippen LogP contribution in [0.4, 0.5) is 0 Å². The summed E-state index contributed by atoms with van der Waals surface area (Å²) >= 11 is 1.54. The van der Waals surface area contributed by atoms with Crippen molar-refractivity contribution in [3.8, 4) is 16.3 Å². The van der Waals surface area contributed by atoms with Crippen molar-refractivity contribution in [2.75, 3.05) is 6.54 Å². The van der Waals surface area contributed by atoms with Crippen LogP contribution in [-0.4, -0.2) is 39.0 Å². The van der Waals surface area contributed by atoms with Crippen LogP contribution in [0.3, 0.4) is 0 Å². The van der Waals surface area contributed by atoms with E-state index in [0.717, 1.165) is 21.8 Å². The summed E-state index contributed by atoms with van der Waals surface area (Å²) in [6.45, 7) is 2.30. The molecule has 2 bridgehead atoms. The second kappa shape index (κ2) is 7.46. The van der Waals surface area contributed by atoms with Gasteiger partial charge in [0.1, 0.15) is 16.7 Å². The molecule has 2 aliphatic heterocycles. The average Bonchev–Trinajstić information content (AvgIpc) is 3.22. The third kappa shape index (κ3) is 3.37. The Hall–Kier alpha value is -3.26. The van der Waals surface area contributed by atoms with Gasteiger partial charge in [-0.3, -0.25) is 14.6 Å². The Bertz CT molecular complexity index is 1150. The van der Waals surface area contributed by atoms with Crippen molar-refractivity contribution >= 4 is 23.2 Å². The SMILES string of the molecule is CC12CC(c3ccccc3O1)C(C(N)=O)C(=O)N2CCc1csc(-c2cccnc2)n1. The number of likely N-dealkylation sites (tertiary alicyclic amines) is 1. The molecular weight excluding hydrogens is 412 g/mol. The predicted octanol–water partition coefficient (Wildman–Crippen LogP) is 2.97. The van der Waals surface area contributed by atoms with Crippen LogP contribution in [0, 0.1) is 5.92 Å². The van der Waals surface area contributed by atoms with Gasteiger partial charge in [-0.25, -0.2) is 4.98 Å². The maximum atomic E-state index is 13.4. The molecule has 3 atom stereocenters. The first-order chi connectivity index (χ1) is 15.0. The molecule has 3 unspecified atom stereocenters. The predicted molar refractivity (Wildman–Crippen MR) is 116 cm³/mol. The molecule has 2 aliphatic rings. The molecular formula is C23H22N4O3S. The molecule has 3 aromatic rings. The van der Waals surface area contributed by atoms with Crippen molar-refractivity contribution in [2.24, 2.45) is 11.7 Å². The van der Waals surface area contributed by atoms with E-state index in [0.29, 0.717) is 25.1 Å². The van der Waals surface area contributed by atoms with Gasteiger partial charge in [-0.05, 0) is 30.7 Å². The molecule has 0 radical (unpaired) electrons. The van der Waals surface area contributed by atoms with Crippen molar-refractivity contribution in [1.29, 1.82) is 0 Å². The molecule has 1 aromatic carbocycles. The first kappa shape index (κ1) is 19.7. The number of aromatic nitrogens is 2. The van der Waals surface area contributed by atoms with Gasteiger partial charge < -0.3 is 15.4 Å². The van der Waals surface area contributed by atoms with Gasteiger partial charge >= 0.3 is 0 Å². The summed E-state index contributed by atoms with van der Waals surface area (Å²) in [5, 5.41) is 2.88. The number of hydrogen-bond donors (Lipinski definition) is 1. The summed E-state index contributed by atoms with van der Waals surface area (Å²) in [5.41, 5.74) is 7.58. The second-order valence-electron chi connectivity index (χ2n) is 8.13. The minimum atomic E-state index is -0.889. The zero-order chi connectivity index (χ0) is 21.6. The van der Waals surface area contributed by atoms with Crippen LogP contribution in [0.25, 0.3) is 10.6 Å². The fourth-order valence-electron chi connectivity index (χ4n) is 4.65. The third-order valence-corrected chi connectivity index (χ3v) is 7.05. The van der Waals surface area contributed by atoms with E-state index in [1.807, 2.05) is 48.7 Å². The summed E-state index contributed by atoms with van der Waals surface area (Å²) in [6, 6.07) is 11.4. The molecule has 2 aromatic heterocycles. The lowest BCUT2D eigenvalue weighted by molar-refractivity contribution is -0.175. The standard InChI is InChI=1S/C23H22N4O3S/c1-23-11-17(16-6-2-3-7-18(16)30-23)19(20(24)28)22(29)27(23)10-8-15-13-31-21(26-15)14-5-4-9-25-12-14/h2-7,9,12-13,17,19H,8,10-11H2,1H3,(H2,24,28). The highest BCUT2D eigenvalue weighted by atomic mass is 32.1. The summed E-state index contributed by atoms with van der Waals surface area (Å²) in [4.78, 5) is 36.1. The van der Waals surface area contributed by atoms with E-state index in [9.17, 15) is 9.59 Å². The summed E-state index contributed by atoms with van der Waals surface area (Å²) in [5.74, 6) is -1.32. The molecule has 1 fully saturated rings. The summed E-state index contributed by atoms with van der Waals surface area (Å²) in [7, 11) is 0. The quantitative estimate of drug-likeness (QED) is 0.623. The maximum absolute atomic E-state index is 13.4. The smallest absolute Gasteiger partial charge is 0.238 e. The Morgan fingerprint density at radius 2 is 2.16 bits per heavy atom. The second-order valence-corrected chi connectivity index (χ2v) is 8.99. The van der Waals surface area contributed by atoms with E-state index in [4.69, 9.17) is 15.5 Å². The van der Waals surface area contributed by atoms with E-state index >= 15 is 0 Å². The van der Waals surface area contributed by atoms with Gasteiger partial charge in [0.05, 0.1) is 5.69 Å². The van der Waals surface area contributed by atoms with Crippen molar-refractivity contribution in [3.05, 3.63) is 65.4 Å². The number of amides is 2. The van der Waals surface area contributed by atoms with Crippen molar-refractivity contribution < 1.29 is 14.3 Å². The number of fused-ring (bicyclic) bond motifs is 4. The molecule has 1 saturated heterocycles. The molecule has 2 amide bonds. The first-order valence-corrected chi connectivity index (χ1v) is 11.1. The number of ether oxygens (including phenoxy) is 1. The monoisotopic (exact) mass is 434 g/mol. The lowest BCUT2D eigenvalue weighted by atomic mass is 9.73. The fourth-order valence-corrected chi connectivity index (χ4v) is 5.49. The Balaban J connectivity index is 1.41. The number of primary amides is 1. The minimum Gasteiger partial charge on any atom is -0.468 e. The average molecular weight is 435 g/mol. The van der Waals surface area contributed by atoms with Gasteiger partial charge in [0.15, 0.2) is 5.72 Å². The first-order valence-electron chi connectivity index (χ1n) is 10.2. The molecule has 158 valence electrons. The Labute approximate surface area is 183 Å². The largest absolute Gasteiger partial charge is 0.468 e. The van der Waals surface area contributed by atoms with Gasteiger partial charge in [-0.1, -0.05) is 18.2 Å². The van der Waals surface area contributed by atoms with Crippen molar-refractivity contribution in [3.63, 3.8) is 0 Å². The van der Waals surface area contributed by atoms with Crippen molar-refractivity contribution in [2.45, 2.75) is 31.4 Å². The lowest BCUT2D eigenvalue weighted by Gasteiger charge is -2.52. The van der Waals surface area contributed by atoms with E-state index in [-0.39, 0.29) is 11.8 Å². The number of piperidine rings is 1. The molecule has 0 saturated carbocycles. The highest BCUT2D eigenvalue weighted by Crippen LogP contribution is 2.50. The van der Waals surface area contributed by atoms with Crippen LogP contribution in [-0.2, 0) is 16.0 Å². The minimum absolute atomic E-state index is 0.271. The van der Waals surface area contributed by atoms with E-state index in [1.54, 1.807) is 28.6 Å². The van der Waals surface area contributed by atoms with Crippen LogP contribution >= 0.6 is 11.3 Å². The number of carbonyl (C=O) groups is 2. The Kier molecular flexibility index (Phi) is 4.74. The molecule has 0 aliphatic carbocycles. The van der Waals surface area contributed by atoms with E-state index < -0.39 is 17.6 Å². The number of nitrogens with zero attached hydrogens (tertiary/aromatic N) is 3. The normalized spacial score (nSPS) is 24.4. The summed E-state index contributed by atoms with van der Waals surface area (Å²) < 4.78 is 6.29. The molecule has 0 spiro atoms. The third-order valence-electron chi connectivity index (χ3n) is 6.11. The van der Waals surface area contributed by atoms with Gasteiger partial charge in [0.2, 0.25) is 11.8 Å². The van der Waals surface area contributed by atoms with Gasteiger partial charge in [0.25, 0.3) is 0 Å². The molecule has 31 heavy (non-hydrogen) atoms. The number of para-hydroxylation sites is 1. The highest BCUT2D eigenvalue weighted by molar-refractivity contribution is 7.13. The maximum Gasteiger partial charge on any atom is 0.238 e. The Morgan fingerprint density at radius 1 is 1.32 bits per heavy atom. The molecule has 7 nitrogen and oxygen atoms in total. The van der Waals surface area contributed by atoms with Crippen LogP contribution < -0.4 is 10.5 Å². The number of pyridine rings is 1.